The largest absolute Gasteiger partial charge is 0.455 e. The molecule has 0 amide bonds. The van der Waals surface area contributed by atoms with Gasteiger partial charge >= 0.3 is 6.85 Å². The normalized spacial score (nSPS) is 16.3. The number of hydrogen-bond donors (Lipinski definition) is 0. The lowest BCUT2D eigenvalue weighted by atomic mass is 9.45. The van der Waals surface area contributed by atoms with Crippen molar-refractivity contribution in [2.45, 2.75) is 58.3 Å². The molecular formula is C53H39BN2O2S. The molecule has 0 atom stereocenters. The van der Waals surface area contributed by atoms with Gasteiger partial charge in [-0.15, -0.1) is 11.3 Å². The highest BCUT2D eigenvalue weighted by Crippen LogP contribution is 2.55. The lowest BCUT2D eigenvalue weighted by molar-refractivity contribution is 0.332. The zero-order chi connectivity index (χ0) is 39.3. The number of furan rings is 2. The quantitative estimate of drug-likeness (QED) is 0.156. The number of nitrogens with zero attached hydrogens (tertiary/aromatic N) is 2. The Kier molecular flexibility index (Phi) is 5.92. The van der Waals surface area contributed by atoms with Gasteiger partial charge in [0.2, 0.25) is 0 Å². The number of rotatable bonds is 1. The summed E-state index contributed by atoms with van der Waals surface area (Å²) in [5.41, 5.74) is 19.1. The molecule has 2 aliphatic heterocycles. The van der Waals surface area contributed by atoms with Crippen molar-refractivity contribution in [3.8, 4) is 11.1 Å². The average molecular weight is 779 g/mol. The first kappa shape index (κ1) is 32.7. The van der Waals surface area contributed by atoms with Crippen molar-refractivity contribution in [1.82, 2.24) is 4.48 Å². The van der Waals surface area contributed by atoms with Crippen LogP contribution in [0.1, 0.15) is 57.2 Å². The van der Waals surface area contributed by atoms with Crippen LogP contribution in [0.2, 0.25) is 0 Å². The Labute approximate surface area is 345 Å². The van der Waals surface area contributed by atoms with Gasteiger partial charge in [0.25, 0.3) is 0 Å². The molecule has 282 valence electrons. The summed E-state index contributed by atoms with van der Waals surface area (Å²) in [5, 5.41) is 7.15. The van der Waals surface area contributed by atoms with Crippen LogP contribution < -0.4 is 15.8 Å². The molecule has 0 spiro atoms. The third-order valence-corrected chi connectivity index (χ3v) is 15.7. The van der Waals surface area contributed by atoms with Crippen molar-refractivity contribution in [3.05, 3.63) is 138 Å². The smallest absolute Gasteiger partial charge is 0.333 e. The van der Waals surface area contributed by atoms with Gasteiger partial charge in [0.05, 0.1) is 15.9 Å². The Morgan fingerprint density at radius 2 is 1.25 bits per heavy atom. The zero-order valence-electron chi connectivity index (χ0n) is 33.7. The molecule has 0 fully saturated rings. The van der Waals surface area contributed by atoms with E-state index in [0.29, 0.717) is 0 Å². The van der Waals surface area contributed by atoms with Gasteiger partial charge in [-0.05, 0) is 88.5 Å². The van der Waals surface area contributed by atoms with Gasteiger partial charge in [-0.25, -0.2) is 0 Å². The zero-order valence-corrected chi connectivity index (χ0v) is 34.5. The highest BCUT2D eigenvalue weighted by molar-refractivity contribution is 7.27. The van der Waals surface area contributed by atoms with Crippen molar-refractivity contribution < 1.29 is 8.83 Å². The number of benzene rings is 7. The molecule has 0 radical (unpaired) electrons. The molecule has 0 unspecified atom stereocenters. The van der Waals surface area contributed by atoms with Crippen LogP contribution in [-0.4, -0.2) is 11.3 Å². The second-order valence-corrected chi connectivity index (χ2v) is 19.7. The number of hydrogen-bond acceptors (Lipinski definition) is 4. The van der Waals surface area contributed by atoms with Crippen molar-refractivity contribution in [2.24, 2.45) is 0 Å². The van der Waals surface area contributed by atoms with E-state index in [2.05, 4.69) is 165 Å². The molecule has 6 heteroatoms. The van der Waals surface area contributed by atoms with E-state index in [1.807, 2.05) is 11.3 Å². The van der Waals surface area contributed by atoms with E-state index in [9.17, 15) is 0 Å². The number of anilines is 3. The number of thiophene rings is 1. The summed E-state index contributed by atoms with van der Waals surface area (Å²) in [6, 6.07) is 45.2. The Morgan fingerprint density at radius 1 is 0.593 bits per heavy atom. The van der Waals surface area contributed by atoms with E-state index >= 15 is 0 Å². The fourth-order valence-electron chi connectivity index (χ4n) is 11.6. The molecule has 7 aromatic carbocycles. The lowest BCUT2D eigenvalue weighted by Gasteiger charge is -2.44. The molecule has 4 aromatic heterocycles. The van der Waals surface area contributed by atoms with Gasteiger partial charge in [0, 0.05) is 65.0 Å². The van der Waals surface area contributed by atoms with E-state index in [4.69, 9.17) is 8.83 Å². The Bertz CT molecular complexity index is 3720. The summed E-state index contributed by atoms with van der Waals surface area (Å²) in [6.07, 6.45) is 2.32. The van der Waals surface area contributed by atoms with Crippen molar-refractivity contribution in [3.63, 3.8) is 0 Å². The number of para-hydroxylation sites is 3. The van der Waals surface area contributed by atoms with Crippen LogP contribution in [0.15, 0.2) is 130 Å². The van der Waals surface area contributed by atoms with Crippen molar-refractivity contribution >= 4 is 121 Å². The van der Waals surface area contributed by atoms with E-state index in [1.54, 1.807) is 0 Å². The molecule has 3 aliphatic rings. The maximum Gasteiger partial charge on any atom is 0.333 e. The van der Waals surface area contributed by atoms with Gasteiger partial charge in [-0.3, -0.25) is 0 Å². The van der Waals surface area contributed by atoms with Crippen LogP contribution in [0.4, 0.5) is 17.1 Å². The third-order valence-electron chi connectivity index (χ3n) is 14.5. The topological polar surface area (TPSA) is 34.5 Å². The molecule has 1 aliphatic carbocycles. The first-order valence-electron chi connectivity index (χ1n) is 21.0. The average Bonchev–Trinajstić information content (AvgIpc) is 4.00. The minimum absolute atomic E-state index is 0.0330. The molecule has 0 bridgehead atoms. The van der Waals surface area contributed by atoms with Gasteiger partial charge in [0.1, 0.15) is 16.7 Å². The lowest BCUT2D eigenvalue weighted by Crippen LogP contribution is -2.56. The first-order valence-corrected chi connectivity index (χ1v) is 21.8. The predicted octanol–water partition coefficient (Wildman–Crippen LogP) is 13.9. The Hall–Kier alpha value is -6.24. The summed E-state index contributed by atoms with van der Waals surface area (Å²) in [7, 11) is 0. The number of aromatic nitrogens is 1. The molecule has 6 heterocycles. The molecule has 14 rings (SSSR count). The van der Waals surface area contributed by atoms with Crippen LogP contribution >= 0.6 is 11.3 Å². The van der Waals surface area contributed by atoms with Crippen LogP contribution in [0.25, 0.3) is 86.2 Å². The second kappa shape index (κ2) is 10.7. The first-order chi connectivity index (χ1) is 28.7. The molecular weight excluding hydrogens is 739 g/mol. The van der Waals surface area contributed by atoms with Gasteiger partial charge in [-0.2, -0.15) is 0 Å². The van der Waals surface area contributed by atoms with Crippen LogP contribution in [-0.2, 0) is 10.8 Å². The minimum atomic E-state index is -0.136. The summed E-state index contributed by atoms with van der Waals surface area (Å²) >= 11 is 1.91. The fraction of sp³-hybridized carbons (Fsp3) is 0.170. The van der Waals surface area contributed by atoms with E-state index < -0.39 is 0 Å². The van der Waals surface area contributed by atoms with Gasteiger partial charge in [-0.1, -0.05) is 119 Å². The summed E-state index contributed by atoms with van der Waals surface area (Å²) < 4.78 is 19.5. The Balaban J connectivity index is 1.22. The van der Waals surface area contributed by atoms with Crippen LogP contribution in [0.5, 0.6) is 0 Å². The highest BCUT2D eigenvalue weighted by Gasteiger charge is 2.47. The van der Waals surface area contributed by atoms with Crippen molar-refractivity contribution in [1.29, 1.82) is 0 Å². The van der Waals surface area contributed by atoms with E-state index in [1.165, 1.54) is 87.7 Å². The maximum atomic E-state index is 7.13. The molecule has 0 saturated heterocycles. The number of aryl methyl sites for hydroxylation is 1. The Morgan fingerprint density at radius 3 is 2.03 bits per heavy atom. The maximum absolute atomic E-state index is 7.13. The van der Waals surface area contributed by atoms with E-state index in [-0.39, 0.29) is 17.7 Å². The predicted molar refractivity (Wildman–Crippen MR) is 250 cm³/mol. The highest BCUT2D eigenvalue weighted by atomic mass is 32.1. The molecule has 59 heavy (non-hydrogen) atoms. The molecule has 0 saturated carbocycles. The number of fused-ring (bicyclic) bond motifs is 18. The molecule has 0 N–H and O–H groups in total. The van der Waals surface area contributed by atoms with Gasteiger partial charge < -0.3 is 18.2 Å². The fourth-order valence-corrected chi connectivity index (χ4v) is 12.8. The van der Waals surface area contributed by atoms with Crippen LogP contribution in [0, 0.1) is 6.92 Å². The van der Waals surface area contributed by atoms with Gasteiger partial charge in [0.15, 0.2) is 5.58 Å². The molecule has 11 aromatic rings. The second-order valence-electron chi connectivity index (χ2n) is 18.7. The SMILES string of the molecule is Cc1cc2c(cc1N1c3cc4c(oc5ccccc54)c4c3B(c3ccc5c(oc6ccccc65)c31)n1c3c-4cccc3c3sc4ccccc4c31)C(C)(C)CCC2(C)C. The summed E-state index contributed by atoms with van der Waals surface area (Å²) in [4.78, 5) is 2.60. The van der Waals surface area contributed by atoms with Crippen molar-refractivity contribution in [2.75, 3.05) is 4.90 Å². The summed E-state index contributed by atoms with van der Waals surface area (Å²) in [6.45, 7) is 11.9. The summed E-state index contributed by atoms with van der Waals surface area (Å²) in [5.74, 6) is 0. The third kappa shape index (κ3) is 3.92. The van der Waals surface area contributed by atoms with Crippen LogP contribution in [0.3, 0.4) is 0 Å². The van der Waals surface area contributed by atoms with E-state index in [0.717, 1.165) is 56.0 Å². The monoisotopic (exact) mass is 778 g/mol. The minimum Gasteiger partial charge on any atom is -0.455 e. The standard InChI is InChI=1S/C53H39BN2O2S/c1-28-25-36-37(53(4,5)24-23-52(36,2)3)27-39(28)55-40-26-35-30-14-7-10-19-42(30)57-49(35)44-33-16-12-17-34-46(33)56(47-32-15-8-11-20-43(32)59-51(34)47)54(45(40)44)38-22-21-31-29-13-6-9-18-41(29)58-50(31)48(38)55/h6-22,25-27H,23-24H2,1-5H3. The molecule has 4 nitrogen and oxygen atoms in total.